The normalized spacial score (nSPS) is 10.1. The van der Waals surface area contributed by atoms with Crippen LogP contribution in [0.25, 0.3) is 11.3 Å². The van der Waals surface area contributed by atoms with Crippen molar-refractivity contribution in [1.29, 1.82) is 0 Å². The molecule has 0 spiro atoms. The number of carbonyl (C=O) groups excluding carboxylic acids is 2. The van der Waals surface area contributed by atoms with E-state index in [0.29, 0.717) is 22.2 Å². The molecule has 0 aliphatic carbocycles. The first-order chi connectivity index (χ1) is 10.6. The summed E-state index contributed by atoms with van der Waals surface area (Å²) in [6.45, 7) is 3.78. The lowest BCUT2D eigenvalue weighted by atomic mass is 10.2. The van der Waals surface area contributed by atoms with Crippen molar-refractivity contribution >= 4 is 33.5 Å². The summed E-state index contributed by atoms with van der Waals surface area (Å²) in [4.78, 5) is 27.5. The highest BCUT2D eigenvalue weighted by molar-refractivity contribution is 7.20. The molecular weight excluding hydrogens is 302 g/mol. The van der Waals surface area contributed by atoms with Crippen molar-refractivity contribution in [2.45, 2.75) is 20.3 Å². The average molecular weight is 319 g/mol. The molecule has 116 valence electrons. The van der Waals surface area contributed by atoms with Gasteiger partial charge in [0, 0.05) is 12.0 Å². The van der Waals surface area contributed by atoms with Gasteiger partial charge < -0.3 is 10.1 Å². The molecule has 1 aromatic heterocycles. The zero-order chi connectivity index (χ0) is 15.9. The Morgan fingerprint density at radius 2 is 1.91 bits per heavy atom. The number of thiazole rings is 1. The summed E-state index contributed by atoms with van der Waals surface area (Å²) in [6.07, 6.45) is -0.198. The molecule has 1 heterocycles. The van der Waals surface area contributed by atoms with Gasteiger partial charge in [-0.05, 0) is 6.92 Å². The number of hydrogen-bond acceptors (Lipinski definition) is 5. The number of amides is 2. The van der Waals surface area contributed by atoms with Crippen LogP contribution in [0.4, 0.5) is 14.9 Å². The van der Waals surface area contributed by atoms with E-state index >= 15 is 0 Å². The molecule has 1 aromatic carbocycles. The third-order valence-electron chi connectivity index (χ3n) is 2.73. The van der Waals surface area contributed by atoms with E-state index in [0.717, 1.165) is 5.56 Å². The first kappa shape index (κ1) is 16.0. The van der Waals surface area contributed by atoms with Crippen LogP contribution in [0.15, 0.2) is 30.3 Å². The van der Waals surface area contributed by atoms with Crippen molar-refractivity contribution in [2.24, 2.45) is 0 Å². The van der Waals surface area contributed by atoms with E-state index < -0.39 is 6.09 Å². The fourth-order valence-corrected chi connectivity index (χ4v) is 2.61. The van der Waals surface area contributed by atoms with Gasteiger partial charge in [0.1, 0.15) is 10.7 Å². The van der Waals surface area contributed by atoms with Crippen LogP contribution in [0.5, 0.6) is 0 Å². The number of hydrogen-bond donors (Lipinski definition) is 2. The predicted octanol–water partition coefficient (Wildman–Crippen LogP) is 3.73. The van der Waals surface area contributed by atoms with Gasteiger partial charge in [-0.15, -0.1) is 0 Å². The third kappa shape index (κ3) is 4.05. The minimum atomic E-state index is -0.566. The highest BCUT2D eigenvalue weighted by Gasteiger charge is 2.16. The van der Waals surface area contributed by atoms with Crippen LogP contribution in [0, 0.1) is 0 Å². The molecule has 0 atom stereocenters. The Morgan fingerprint density at radius 1 is 1.18 bits per heavy atom. The van der Waals surface area contributed by atoms with Crippen LogP contribution in [0.1, 0.15) is 20.3 Å². The quantitative estimate of drug-likeness (QED) is 0.880. The Balaban J connectivity index is 2.31. The fraction of sp³-hybridized carbons (Fsp3) is 0.267. The summed E-state index contributed by atoms with van der Waals surface area (Å²) >= 11 is 1.20. The summed E-state index contributed by atoms with van der Waals surface area (Å²) < 4.78 is 4.83. The number of nitrogens with one attached hydrogen (secondary N) is 2. The van der Waals surface area contributed by atoms with Gasteiger partial charge >= 0.3 is 6.09 Å². The van der Waals surface area contributed by atoms with Crippen LogP contribution < -0.4 is 10.6 Å². The van der Waals surface area contributed by atoms with Crippen molar-refractivity contribution in [1.82, 2.24) is 4.98 Å². The molecule has 6 nitrogen and oxygen atoms in total. The van der Waals surface area contributed by atoms with E-state index in [1.807, 2.05) is 30.3 Å². The molecule has 2 aromatic rings. The van der Waals surface area contributed by atoms with E-state index in [-0.39, 0.29) is 12.5 Å². The van der Waals surface area contributed by atoms with E-state index in [1.165, 1.54) is 11.3 Å². The van der Waals surface area contributed by atoms with Gasteiger partial charge in [-0.1, -0.05) is 48.6 Å². The predicted molar refractivity (Wildman–Crippen MR) is 87.1 cm³/mol. The second-order valence-electron chi connectivity index (χ2n) is 4.31. The molecule has 0 saturated heterocycles. The van der Waals surface area contributed by atoms with Crippen LogP contribution in [-0.4, -0.2) is 23.6 Å². The van der Waals surface area contributed by atoms with E-state index in [9.17, 15) is 9.59 Å². The average Bonchev–Trinajstić information content (AvgIpc) is 2.90. The molecule has 0 aliphatic heterocycles. The van der Waals surface area contributed by atoms with Crippen LogP contribution in [-0.2, 0) is 9.53 Å². The van der Waals surface area contributed by atoms with Gasteiger partial charge in [0.05, 0.1) is 6.61 Å². The van der Waals surface area contributed by atoms with E-state index in [1.54, 1.807) is 13.8 Å². The first-order valence-electron chi connectivity index (χ1n) is 6.93. The standard InChI is InChI=1S/C15H17N3O3S/c1-3-11(19)16-13-12(10-8-6-5-7-9-10)17-14(22-13)18-15(20)21-4-2/h5-9H,3-4H2,1-2H3,(H,16,19)(H,17,18,20). The lowest BCUT2D eigenvalue weighted by molar-refractivity contribution is -0.115. The van der Waals surface area contributed by atoms with Gasteiger partial charge in [0.15, 0.2) is 5.13 Å². The van der Waals surface area contributed by atoms with Gasteiger partial charge in [-0.25, -0.2) is 9.78 Å². The van der Waals surface area contributed by atoms with Crippen molar-refractivity contribution in [2.75, 3.05) is 17.2 Å². The second-order valence-corrected chi connectivity index (χ2v) is 5.31. The van der Waals surface area contributed by atoms with Gasteiger partial charge in [0.25, 0.3) is 0 Å². The Kier molecular flexibility index (Phi) is 5.48. The molecule has 7 heteroatoms. The van der Waals surface area contributed by atoms with Crippen molar-refractivity contribution in [3.63, 3.8) is 0 Å². The molecule has 2 rings (SSSR count). The molecule has 0 bridgehead atoms. The van der Waals surface area contributed by atoms with E-state index in [2.05, 4.69) is 15.6 Å². The van der Waals surface area contributed by atoms with Crippen LogP contribution >= 0.6 is 11.3 Å². The Labute approximate surface area is 132 Å². The molecule has 0 unspecified atom stereocenters. The van der Waals surface area contributed by atoms with Gasteiger partial charge in [-0.2, -0.15) is 0 Å². The topological polar surface area (TPSA) is 80.3 Å². The second kappa shape index (κ2) is 7.56. The molecule has 0 radical (unpaired) electrons. The lowest BCUT2D eigenvalue weighted by Gasteiger charge is -2.03. The lowest BCUT2D eigenvalue weighted by Crippen LogP contribution is -2.12. The van der Waals surface area contributed by atoms with Crippen molar-refractivity contribution < 1.29 is 14.3 Å². The zero-order valence-corrected chi connectivity index (χ0v) is 13.2. The van der Waals surface area contributed by atoms with Crippen LogP contribution in [0.2, 0.25) is 0 Å². The molecule has 2 N–H and O–H groups in total. The number of anilines is 2. The summed E-state index contributed by atoms with van der Waals surface area (Å²) in [5.41, 5.74) is 1.49. The number of aromatic nitrogens is 1. The van der Waals surface area contributed by atoms with Gasteiger partial charge in [0.2, 0.25) is 5.91 Å². The summed E-state index contributed by atoms with van der Waals surface area (Å²) in [5.74, 6) is -0.108. The molecule has 0 fully saturated rings. The SMILES string of the molecule is CCOC(=O)Nc1nc(-c2ccccc2)c(NC(=O)CC)s1. The summed E-state index contributed by atoms with van der Waals surface area (Å²) in [6, 6.07) is 9.46. The minimum Gasteiger partial charge on any atom is -0.450 e. The minimum absolute atomic E-state index is 0.108. The summed E-state index contributed by atoms with van der Waals surface area (Å²) in [5, 5.41) is 6.35. The number of carbonyl (C=O) groups is 2. The van der Waals surface area contributed by atoms with Crippen molar-refractivity contribution in [3.8, 4) is 11.3 Å². The third-order valence-corrected chi connectivity index (χ3v) is 3.62. The fourth-order valence-electron chi connectivity index (χ4n) is 1.72. The number of ether oxygens (including phenoxy) is 1. The Bertz CT molecular complexity index is 655. The molecule has 0 saturated carbocycles. The summed E-state index contributed by atoms with van der Waals surface area (Å²) in [7, 11) is 0. The smallest absolute Gasteiger partial charge is 0.413 e. The Hall–Kier alpha value is -2.41. The largest absolute Gasteiger partial charge is 0.450 e. The number of nitrogens with zero attached hydrogens (tertiary/aromatic N) is 1. The highest BCUT2D eigenvalue weighted by Crippen LogP contribution is 2.35. The zero-order valence-electron chi connectivity index (χ0n) is 12.4. The monoisotopic (exact) mass is 319 g/mol. The Morgan fingerprint density at radius 3 is 2.55 bits per heavy atom. The maximum Gasteiger partial charge on any atom is 0.413 e. The maximum absolute atomic E-state index is 11.7. The maximum atomic E-state index is 11.7. The number of rotatable bonds is 5. The van der Waals surface area contributed by atoms with E-state index in [4.69, 9.17) is 4.74 Å². The van der Waals surface area contributed by atoms with Gasteiger partial charge in [-0.3, -0.25) is 10.1 Å². The van der Waals surface area contributed by atoms with Crippen LogP contribution in [0.3, 0.4) is 0 Å². The highest BCUT2D eigenvalue weighted by atomic mass is 32.1. The first-order valence-corrected chi connectivity index (χ1v) is 7.75. The molecule has 22 heavy (non-hydrogen) atoms. The number of benzene rings is 1. The van der Waals surface area contributed by atoms with Crippen molar-refractivity contribution in [3.05, 3.63) is 30.3 Å². The molecule has 2 amide bonds. The molecular formula is C15H17N3O3S. The molecule has 0 aliphatic rings.